The molecule has 0 saturated carbocycles. The molecule has 5 nitrogen and oxygen atoms in total. The minimum absolute atomic E-state index is 0.165. The van der Waals surface area contributed by atoms with Crippen molar-refractivity contribution in [1.29, 1.82) is 0 Å². The van der Waals surface area contributed by atoms with Crippen molar-refractivity contribution in [1.82, 2.24) is 5.06 Å². The lowest BCUT2D eigenvalue weighted by atomic mass is 10.1. The monoisotopic (exact) mass is 476 g/mol. The highest BCUT2D eigenvalue weighted by Crippen LogP contribution is 2.15. The number of hydroxylamine groups is 2. The molecule has 0 heterocycles. The van der Waals surface area contributed by atoms with Crippen molar-refractivity contribution < 1.29 is 18.8 Å². The highest BCUT2D eigenvalue weighted by atomic mass is 31.1. The normalized spacial score (nSPS) is 12.1. The Morgan fingerprint density at radius 2 is 0.906 bits per heavy atom. The summed E-state index contributed by atoms with van der Waals surface area (Å²) in [7, 11) is -2.53. The molecule has 0 aromatic heterocycles. The van der Waals surface area contributed by atoms with E-state index in [1.165, 1.54) is 116 Å². The second-order valence-electron chi connectivity index (χ2n) is 9.20. The van der Waals surface area contributed by atoms with Gasteiger partial charge in [-0.1, -0.05) is 129 Å². The van der Waals surface area contributed by atoms with Gasteiger partial charge >= 0.3 is 8.25 Å². The van der Waals surface area contributed by atoms with Gasteiger partial charge in [0.15, 0.2) is 0 Å². The van der Waals surface area contributed by atoms with Crippen LogP contribution in [0.15, 0.2) is 0 Å². The summed E-state index contributed by atoms with van der Waals surface area (Å²) in [5.74, 6) is 0. The quantitative estimate of drug-likeness (QED) is 0.0729. The van der Waals surface area contributed by atoms with Gasteiger partial charge in [-0.05, 0) is 12.8 Å². The summed E-state index contributed by atoms with van der Waals surface area (Å²) in [6, 6.07) is 0. The van der Waals surface area contributed by atoms with Gasteiger partial charge in [0.05, 0.1) is 6.61 Å². The standard InChI is InChI=1S/C26H54NO4P/c1-3-5-7-9-11-13-15-17-19-21-23-27(30-25-26-31-32(28)29)24-22-20-18-16-14-12-10-8-6-4-2/h3-26H2,1-2H3/p+1. The molecule has 1 N–H and O–H groups in total. The molecule has 0 aliphatic carbocycles. The van der Waals surface area contributed by atoms with Crippen LogP contribution in [0, 0.1) is 0 Å². The molecule has 0 spiro atoms. The highest BCUT2D eigenvalue weighted by molar-refractivity contribution is 7.32. The Morgan fingerprint density at radius 3 is 1.25 bits per heavy atom. The minimum Gasteiger partial charge on any atom is -0.296 e. The van der Waals surface area contributed by atoms with Crippen molar-refractivity contribution in [3.8, 4) is 0 Å². The van der Waals surface area contributed by atoms with Crippen LogP contribution in [0.1, 0.15) is 142 Å². The van der Waals surface area contributed by atoms with E-state index in [0.717, 1.165) is 25.9 Å². The SMILES string of the molecule is CCCCCCCCCCCCN(CCCCCCCCCCCC)OCCO[P+](=O)O. The molecular formula is C26H55NO4P+. The van der Waals surface area contributed by atoms with Crippen molar-refractivity contribution in [2.24, 2.45) is 0 Å². The Balaban J connectivity index is 3.77. The number of rotatable bonds is 27. The van der Waals surface area contributed by atoms with Gasteiger partial charge in [0.1, 0.15) is 6.61 Å². The van der Waals surface area contributed by atoms with Crippen molar-refractivity contribution in [2.45, 2.75) is 142 Å². The first-order valence-electron chi connectivity index (χ1n) is 13.9. The molecule has 0 aliphatic heterocycles. The topological polar surface area (TPSA) is 59.0 Å². The van der Waals surface area contributed by atoms with Crippen LogP contribution in [-0.4, -0.2) is 36.3 Å². The van der Waals surface area contributed by atoms with Gasteiger partial charge in [-0.3, -0.25) is 4.84 Å². The summed E-state index contributed by atoms with van der Waals surface area (Å²) in [6.45, 7) is 6.93. The van der Waals surface area contributed by atoms with Crippen molar-refractivity contribution >= 4 is 8.25 Å². The summed E-state index contributed by atoms with van der Waals surface area (Å²) >= 11 is 0. The summed E-state index contributed by atoms with van der Waals surface area (Å²) in [5, 5.41) is 2.06. The molecule has 0 fully saturated rings. The summed E-state index contributed by atoms with van der Waals surface area (Å²) in [6.07, 6.45) is 26.7. The molecule has 0 aromatic carbocycles. The fourth-order valence-corrected chi connectivity index (χ4v) is 4.30. The van der Waals surface area contributed by atoms with Gasteiger partial charge in [0.25, 0.3) is 0 Å². The lowest BCUT2D eigenvalue weighted by molar-refractivity contribution is -0.165. The molecule has 0 aliphatic rings. The van der Waals surface area contributed by atoms with E-state index in [1.54, 1.807) is 0 Å². The molecule has 0 rings (SSSR count). The smallest absolute Gasteiger partial charge is 0.296 e. The van der Waals surface area contributed by atoms with Crippen LogP contribution in [-0.2, 0) is 13.9 Å². The molecule has 1 atom stereocenters. The fraction of sp³-hybridized carbons (Fsp3) is 1.00. The number of nitrogens with zero attached hydrogens (tertiary/aromatic N) is 1. The first kappa shape index (κ1) is 31.9. The van der Waals surface area contributed by atoms with Gasteiger partial charge in [-0.2, -0.15) is 5.06 Å². The zero-order valence-electron chi connectivity index (χ0n) is 21.5. The molecule has 32 heavy (non-hydrogen) atoms. The molecule has 6 heteroatoms. The van der Waals surface area contributed by atoms with Crippen LogP contribution in [0.3, 0.4) is 0 Å². The van der Waals surface area contributed by atoms with Crippen LogP contribution < -0.4 is 0 Å². The third kappa shape index (κ3) is 26.2. The molecule has 0 aromatic rings. The predicted octanol–water partition coefficient (Wildman–Crippen LogP) is 8.73. The van der Waals surface area contributed by atoms with Crippen LogP contribution in [0.2, 0.25) is 0 Å². The lowest BCUT2D eigenvalue weighted by Crippen LogP contribution is -2.28. The zero-order valence-corrected chi connectivity index (χ0v) is 22.4. The van der Waals surface area contributed by atoms with Gasteiger partial charge in [-0.25, -0.2) is 0 Å². The predicted molar refractivity (Wildman–Crippen MR) is 137 cm³/mol. The van der Waals surface area contributed by atoms with Crippen LogP contribution >= 0.6 is 8.25 Å². The van der Waals surface area contributed by atoms with Gasteiger partial charge in [0.2, 0.25) is 0 Å². The van der Waals surface area contributed by atoms with E-state index in [1.807, 2.05) is 0 Å². The second kappa shape index (κ2) is 27.2. The van der Waals surface area contributed by atoms with E-state index in [9.17, 15) is 4.57 Å². The van der Waals surface area contributed by atoms with Gasteiger partial charge in [-0.15, -0.1) is 9.42 Å². The average Bonchev–Trinajstić information content (AvgIpc) is 2.78. The lowest BCUT2D eigenvalue weighted by Gasteiger charge is -2.21. The first-order chi connectivity index (χ1) is 15.7. The maximum Gasteiger partial charge on any atom is 0.694 e. The summed E-state index contributed by atoms with van der Waals surface area (Å²) in [5.41, 5.74) is 0. The Bertz CT molecular complexity index is 361. The molecule has 0 amide bonds. The molecule has 0 radical (unpaired) electrons. The largest absolute Gasteiger partial charge is 0.694 e. The third-order valence-electron chi connectivity index (χ3n) is 6.08. The number of hydrogen-bond donors (Lipinski definition) is 1. The maximum atomic E-state index is 10.6. The summed E-state index contributed by atoms with van der Waals surface area (Å²) in [4.78, 5) is 14.6. The number of unbranched alkanes of at least 4 members (excludes halogenated alkanes) is 18. The summed E-state index contributed by atoms with van der Waals surface area (Å²) < 4.78 is 15.4. The van der Waals surface area contributed by atoms with E-state index in [0.29, 0.717) is 6.61 Å². The van der Waals surface area contributed by atoms with Crippen molar-refractivity contribution in [3.63, 3.8) is 0 Å². The van der Waals surface area contributed by atoms with Gasteiger partial charge in [0, 0.05) is 17.7 Å². The van der Waals surface area contributed by atoms with E-state index >= 15 is 0 Å². The molecular weight excluding hydrogens is 421 g/mol. The van der Waals surface area contributed by atoms with Crippen molar-refractivity contribution in [3.05, 3.63) is 0 Å². The number of hydrogen-bond acceptors (Lipinski definition) is 4. The van der Waals surface area contributed by atoms with E-state index < -0.39 is 8.25 Å². The van der Waals surface area contributed by atoms with Crippen LogP contribution in [0.5, 0.6) is 0 Å². The van der Waals surface area contributed by atoms with Crippen LogP contribution in [0.25, 0.3) is 0 Å². The van der Waals surface area contributed by atoms with Crippen LogP contribution in [0.4, 0.5) is 0 Å². The Hall–Kier alpha value is -0.0600. The van der Waals surface area contributed by atoms with E-state index in [2.05, 4.69) is 18.9 Å². The fourth-order valence-electron chi connectivity index (χ4n) is 4.07. The van der Waals surface area contributed by atoms with Crippen molar-refractivity contribution in [2.75, 3.05) is 26.3 Å². The first-order valence-corrected chi connectivity index (χ1v) is 15.0. The third-order valence-corrected chi connectivity index (χ3v) is 6.48. The average molecular weight is 477 g/mol. The van der Waals surface area contributed by atoms with E-state index in [4.69, 9.17) is 14.3 Å². The highest BCUT2D eigenvalue weighted by Gasteiger charge is 2.12. The van der Waals surface area contributed by atoms with E-state index in [-0.39, 0.29) is 6.61 Å². The molecule has 0 saturated heterocycles. The Labute approximate surface area is 200 Å². The maximum absolute atomic E-state index is 10.6. The molecule has 1 unspecified atom stereocenters. The Kier molecular flexibility index (Phi) is 27.1. The molecule has 0 bridgehead atoms. The molecule has 192 valence electrons. The van der Waals surface area contributed by atoms with Gasteiger partial charge < -0.3 is 0 Å². The Morgan fingerprint density at radius 1 is 0.562 bits per heavy atom. The second-order valence-corrected chi connectivity index (χ2v) is 9.93. The minimum atomic E-state index is -2.53. The zero-order chi connectivity index (χ0) is 23.5.